The van der Waals surface area contributed by atoms with Gasteiger partial charge < -0.3 is 9.47 Å². The number of hydrogen-bond donors (Lipinski definition) is 0. The Kier molecular flexibility index (Phi) is 3.87. The summed E-state index contributed by atoms with van der Waals surface area (Å²) in [4.78, 5) is 35.7. The van der Waals surface area contributed by atoms with Crippen molar-refractivity contribution in [2.24, 2.45) is 0 Å². The van der Waals surface area contributed by atoms with Crippen LogP contribution in [0.25, 0.3) is 0 Å². The second-order valence-electron chi connectivity index (χ2n) is 4.95. The van der Waals surface area contributed by atoms with Gasteiger partial charge in [0.2, 0.25) is 0 Å². The summed E-state index contributed by atoms with van der Waals surface area (Å²) < 4.78 is 10.5. The molecule has 0 aliphatic carbocycles. The molecular weight excluding hydrogens is 316 g/mol. The van der Waals surface area contributed by atoms with Crippen LogP contribution in [0.3, 0.4) is 0 Å². The van der Waals surface area contributed by atoms with E-state index in [1.54, 1.807) is 24.3 Å². The largest absolute Gasteiger partial charge is 0.493 e. The van der Waals surface area contributed by atoms with E-state index in [9.17, 15) is 19.7 Å². The zero-order chi connectivity index (χ0) is 17.3. The molecule has 3 rings (SSSR count). The maximum atomic E-state index is 12.2. The van der Waals surface area contributed by atoms with E-state index >= 15 is 0 Å². The molecule has 24 heavy (non-hydrogen) atoms. The number of rotatable bonds is 5. The molecule has 0 unspecified atom stereocenters. The molecule has 8 nitrogen and oxygen atoms in total. The second-order valence-corrected chi connectivity index (χ2v) is 4.95. The third-order valence-electron chi connectivity index (χ3n) is 3.59. The van der Waals surface area contributed by atoms with Crippen LogP contribution >= 0.6 is 0 Å². The van der Waals surface area contributed by atoms with Crippen molar-refractivity contribution >= 4 is 17.5 Å². The standard InChI is InChI=1S/C16H12N2O6/c1-23-13-7-6-10(18(21)22)8-14(13)24-9-17-15(19)11-4-2-3-5-12(11)16(17)20/h2-8H,9H2,1H3. The van der Waals surface area contributed by atoms with E-state index in [0.717, 1.165) is 4.90 Å². The number of carbonyl (C=O) groups excluding carboxylic acids is 2. The summed E-state index contributed by atoms with van der Waals surface area (Å²) in [5, 5.41) is 10.9. The summed E-state index contributed by atoms with van der Waals surface area (Å²) in [6.07, 6.45) is 0. The van der Waals surface area contributed by atoms with Crippen molar-refractivity contribution in [1.82, 2.24) is 4.90 Å². The van der Waals surface area contributed by atoms with Crippen LogP contribution in [0, 0.1) is 10.1 Å². The number of fused-ring (bicyclic) bond motifs is 1. The first-order chi connectivity index (χ1) is 11.5. The molecule has 0 aromatic heterocycles. The SMILES string of the molecule is COc1ccc([N+](=O)[O-])cc1OCN1C(=O)c2ccccc2C1=O. The highest BCUT2D eigenvalue weighted by molar-refractivity contribution is 6.21. The lowest BCUT2D eigenvalue weighted by Gasteiger charge is -2.16. The maximum absolute atomic E-state index is 12.2. The number of hydrogen-bond acceptors (Lipinski definition) is 6. The Morgan fingerprint density at radius 1 is 1.04 bits per heavy atom. The minimum Gasteiger partial charge on any atom is -0.493 e. The van der Waals surface area contributed by atoms with Gasteiger partial charge >= 0.3 is 0 Å². The van der Waals surface area contributed by atoms with E-state index in [1.165, 1.54) is 25.3 Å². The van der Waals surface area contributed by atoms with Gasteiger partial charge in [-0.15, -0.1) is 0 Å². The van der Waals surface area contributed by atoms with Crippen LogP contribution < -0.4 is 9.47 Å². The molecule has 0 fully saturated rings. The fourth-order valence-corrected chi connectivity index (χ4v) is 2.38. The third kappa shape index (κ3) is 2.54. The van der Waals surface area contributed by atoms with E-state index in [1.807, 2.05) is 0 Å². The highest BCUT2D eigenvalue weighted by Gasteiger charge is 2.35. The quantitative estimate of drug-likeness (QED) is 0.474. The number of carbonyl (C=O) groups is 2. The molecule has 1 aliphatic heterocycles. The van der Waals surface area contributed by atoms with Crippen LogP contribution in [0.2, 0.25) is 0 Å². The fraction of sp³-hybridized carbons (Fsp3) is 0.125. The summed E-state index contributed by atoms with van der Waals surface area (Å²) in [6.45, 7) is -0.371. The Hall–Kier alpha value is -3.42. The van der Waals surface area contributed by atoms with Gasteiger partial charge in [0.15, 0.2) is 18.2 Å². The zero-order valence-corrected chi connectivity index (χ0v) is 12.6. The summed E-state index contributed by atoms with van der Waals surface area (Å²) in [6, 6.07) is 10.3. The molecular formula is C16H12N2O6. The Morgan fingerprint density at radius 2 is 1.67 bits per heavy atom. The van der Waals surface area contributed by atoms with Crippen molar-refractivity contribution in [2.75, 3.05) is 13.8 Å². The van der Waals surface area contributed by atoms with Crippen molar-refractivity contribution in [3.8, 4) is 11.5 Å². The Labute approximate surface area is 136 Å². The molecule has 0 saturated heterocycles. The summed E-state index contributed by atoms with van der Waals surface area (Å²) in [7, 11) is 1.38. The van der Waals surface area contributed by atoms with Gasteiger partial charge in [-0.2, -0.15) is 0 Å². The van der Waals surface area contributed by atoms with Crippen LogP contribution in [-0.2, 0) is 0 Å². The minimum atomic E-state index is -0.575. The van der Waals surface area contributed by atoms with Crippen molar-refractivity contribution in [3.05, 3.63) is 63.7 Å². The van der Waals surface area contributed by atoms with E-state index in [-0.39, 0.29) is 23.9 Å². The molecule has 0 bridgehead atoms. The van der Waals surface area contributed by atoms with Gasteiger partial charge in [-0.1, -0.05) is 12.1 Å². The number of nitrogens with zero attached hydrogens (tertiary/aromatic N) is 2. The zero-order valence-electron chi connectivity index (χ0n) is 12.6. The normalized spacial score (nSPS) is 13.0. The van der Waals surface area contributed by atoms with Crippen molar-refractivity contribution in [3.63, 3.8) is 0 Å². The number of amides is 2. The van der Waals surface area contributed by atoms with Crippen LogP contribution in [0.4, 0.5) is 5.69 Å². The lowest BCUT2D eigenvalue weighted by atomic mass is 10.1. The van der Waals surface area contributed by atoms with Crippen molar-refractivity contribution in [1.29, 1.82) is 0 Å². The Bertz CT molecular complexity index is 813. The van der Waals surface area contributed by atoms with Crippen LogP contribution in [0.5, 0.6) is 11.5 Å². The first kappa shape index (κ1) is 15.5. The first-order valence-electron chi connectivity index (χ1n) is 6.93. The smallest absolute Gasteiger partial charge is 0.273 e. The minimum absolute atomic E-state index is 0.0725. The van der Waals surface area contributed by atoms with Crippen molar-refractivity contribution < 1.29 is 24.0 Å². The van der Waals surface area contributed by atoms with Gasteiger partial charge in [0.1, 0.15) is 0 Å². The third-order valence-corrected chi connectivity index (χ3v) is 3.59. The van der Waals surface area contributed by atoms with Gasteiger partial charge in [-0.3, -0.25) is 19.7 Å². The molecule has 122 valence electrons. The topological polar surface area (TPSA) is 99.0 Å². The lowest BCUT2D eigenvalue weighted by Crippen LogP contribution is -2.33. The fourth-order valence-electron chi connectivity index (χ4n) is 2.38. The van der Waals surface area contributed by atoms with Gasteiger partial charge in [0.25, 0.3) is 17.5 Å². The highest BCUT2D eigenvalue weighted by atomic mass is 16.6. The van der Waals surface area contributed by atoms with Crippen molar-refractivity contribution in [2.45, 2.75) is 0 Å². The highest BCUT2D eigenvalue weighted by Crippen LogP contribution is 2.32. The predicted molar refractivity (Wildman–Crippen MR) is 82.1 cm³/mol. The molecule has 0 saturated carbocycles. The molecule has 2 amide bonds. The monoisotopic (exact) mass is 328 g/mol. The van der Waals surface area contributed by atoms with E-state index < -0.39 is 16.7 Å². The van der Waals surface area contributed by atoms with Gasteiger partial charge in [-0.25, -0.2) is 4.90 Å². The molecule has 0 atom stereocenters. The van der Waals surface area contributed by atoms with Gasteiger partial charge in [-0.05, 0) is 18.2 Å². The molecule has 1 aliphatic rings. The first-order valence-corrected chi connectivity index (χ1v) is 6.93. The predicted octanol–water partition coefficient (Wildman–Crippen LogP) is 2.24. The molecule has 0 spiro atoms. The van der Waals surface area contributed by atoms with Gasteiger partial charge in [0, 0.05) is 6.07 Å². The van der Waals surface area contributed by atoms with Crippen LogP contribution in [0.15, 0.2) is 42.5 Å². The Balaban J connectivity index is 1.82. The molecule has 0 N–H and O–H groups in total. The number of non-ortho nitro benzene ring substituents is 1. The number of nitro groups is 1. The number of nitro benzene ring substituents is 1. The number of benzene rings is 2. The van der Waals surface area contributed by atoms with E-state index in [4.69, 9.17) is 9.47 Å². The molecule has 2 aromatic carbocycles. The average molecular weight is 328 g/mol. The molecule has 0 radical (unpaired) electrons. The van der Waals surface area contributed by atoms with Crippen LogP contribution in [-0.4, -0.2) is 35.5 Å². The number of ether oxygens (including phenoxy) is 2. The molecule has 8 heteroatoms. The number of methoxy groups -OCH3 is 1. The number of imide groups is 1. The Morgan fingerprint density at radius 3 is 2.21 bits per heavy atom. The summed E-state index contributed by atoms with van der Waals surface area (Å²) >= 11 is 0. The van der Waals surface area contributed by atoms with Gasteiger partial charge in [0.05, 0.1) is 29.2 Å². The summed E-state index contributed by atoms with van der Waals surface area (Å²) in [5.74, 6) is -0.611. The molecule has 2 aromatic rings. The van der Waals surface area contributed by atoms with E-state index in [2.05, 4.69) is 0 Å². The second kappa shape index (κ2) is 5.99. The average Bonchev–Trinajstić information content (AvgIpc) is 2.84. The van der Waals surface area contributed by atoms with Crippen LogP contribution in [0.1, 0.15) is 20.7 Å². The van der Waals surface area contributed by atoms with E-state index in [0.29, 0.717) is 11.1 Å². The molecule has 1 heterocycles. The lowest BCUT2D eigenvalue weighted by molar-refractivity contribution is -0.385. The summed E-state index contributed by atoms with van der Waals surface area (Å²) in [5.41, 5.74) is 0.419. The maximum Gasteiger partial charge on any atom is 0.273 e.